The van der Waals surface area contributed by atoms with Crippen LogP contribution in [0.15, 0.2) is 51.8 Å². The van der Waals surface area contributed by atoms with E-state index in [4.69, 9.17) is 5.14 Å². The van der Waals surface area contributed by atoms with Crippen LogP contribution in [0.25, 0.3) is 0 Å². The van der Waals surface area contributed by atoms with Crippen LogP contribution >= 0.6 is 15.9 Å². The van der Waals surface area contributed by atoms with Crippen LogP contribution in [0.5, 0.6) is 0 Å². The predicted molar refractivity (Wildman–Crippen MR) is 97.2 cm³/mol. The molecule has 0 bridgehead atoms. The third-order valence-electron chi connectivity index (χ3n) is 3.70. The van der Waals surface area contributed by atoms with E-state index in [-0.39, 0.29) is 22.4 Å². The Balaban J connectivity index is 2.29. The molecule has 0 saturated heterocycles. The summed E-state index contributed by atoms with van der Waals surface area (Å²) >= 11 is 3.28. The van der Waals surface area contributed by atoms with E-state index >= 15 is 0 Å². The van der Waals surface area contributed by atoms with E-state index in [1.54, 1.807) is 0 Å². The normalized spacial score (nSPS) is 12.7. The second kappa shape index (κ2) is 7.46. The van der Waals surface area contributed by atoms with Gasteiger partial charge in [0.2, 0.25) is 10.0 Å². The number of carbonyl (C=O) groups is 1. The fraction of sp³-hybridized carbons (Fsp3) is 0.235. The van der Waals surface area contributed by atoms with Crippen molar-refractivity contribution in [2.24, 2.45) is 5.14 Å². The molecular formula is C17H19BrN2O3S. The number of nitrogens with one attached hydrogen (secondary N) is 1. The predicted octanol–water partition coefficient (Wildman–Crippen LogP) is 3.29. The van der Waals surface area contributed by atoms with Gasteiger partial charge in [0.25, 0.3) is 5.91 Å². The van der Waals surface area contributed by atoms with Gasteiger partial charge in [-0.2, -0.15) is 0 Å². The quantitative estimate of drug-likeness (QED) is 0.791. The zero-order valence-corrected chi connectivity index (χ0v) is 15.8. The number of hydrogen-bond donors (Lipinski definition) is 2. The summed E-state index contributed by atoms with van der Waals surface area (Å²) in [7, 11) is -3.87. The first-order chi connectivity index (χ1) is 11.2. The SMILES string of the molecule is CC[C@@H](NC(=O)c1cc(S(N)(=O)=O)ccc1Br)c1ccc(C)cc1. The molecule has 0 spiro atoms. The molecule has 0 aliphatic heterocycles. The first-order valence-electron chi connectivity index (χ1n) is 7.42. The zero-order chi connectivity index (χ0) is 17.9. The second-order valence-electron chi connectivity index (χ2n) is 5.53. The monoisotopic (exact) mass is 410 g/mol. The summed E-state index contributed by atoms with van der Waals surface area (Å²) in [4.78, 5) is 12.5. The lowest BCUT2D eigenvalue weighted by Gasteiger charge is -2.18. The van der Waals surface area contributed by atoms with Gasteiger partial charge in [-0.15, -0.1) is 0 Å². The van der Waals surface area contributed by atoms with Crippen molar-refractivity contribution in [2.45, 2.75) is 31.2 Å². The van der Waals surface area contributed by atoms with Crippen molar-refractivity contribution in [3.63, 3.8) is 0 Å². The lowest BCUT2D eigenvalue weighted by molar-refractivity contribution is 0.0934. The summed E-state index contributed by atoms with van der Waals surface area (Å²) in [6, 6.07) is 11.9. The summed E-state index contributed by atoms with van der Waals surface area (Å²) in [5.74, 6) is -0.361. The Morgan fingerprint density at radius 2 is 1.83 bits per heavy atom. The molecule has 0 aliphatic rings. The molecule has 1 atom stereocenters. The van der Waals surface area contributed by atoms with Gasteiger partial charge in [0.05, 0.1) is 16.5 Å². The van der Waals surface area contributed by atoms with E-state index in [1.807, 2.05) is 38.1 Å². The fourth-order valence-corrected chi connectivity index (χ4v) is 3.28. The van der Waals surface area contributed by atoms with Gasteiger partial charge in [-0.1, -0.05) is 36.8 Å². The number of hydrogen-bond acceptors (Lipinski definition) is 3. The average molecular weight is 411 g/mol. The van der Waals surface area contributed by atoms with Gasteiger partial charge >= 0.3 is 0 Å². The van der Waals surface area contributed by atoms with Gasteiger partial charge in [0, 0.05) is 4.47 Å². The van der Waals surface area contributed by atoms with Gasteiger partial charge < -0.3 is 5.32 Å². The Bertz CT molecular complexity index is 849. The highest BCUT2D eigenvalue weighted by molar-refractivity contribution is 9.10. The van der Waals surface area contributed by atoms with Crippen LogP contribution in [-0.4, -0.2) is 14.3 Å². The summed E-state index contributed by atoms with van der Waals surface area (Å²) in [5.41, 5.74) is 2.37. The van der Waals surface area contributed by atoms with Crippen LogP contribution in [0.3, 0.4) is 0 Å². The lowest BCUT2D eigenvalue weighted by atomic mass is 10.0. The molecule has 2 aromatic carbocycles. The third kappa shape index (κ3) is 4.43. The Morgan fingerprint density at radius 1 is 1.21 bits per heavy atom. The molecule has 2 aromatic rings. The van der Waals surface area contributed by atoms with E-state index < -0.39 is 10.0 Å². The number of primary sulfonamides is 1. The van der Waals surface area contributed by atoms with Gasteiger partial charge in [-0.05, 0) is 53.0 Å². The van der Waals surface area contributed by atoms with Crippen LogP contribution in [0.1, 0.15) is 40.9 Å². The minimum absolute atomic E-state index is 0.0979. The Morgan fingerprint density at radius 3 is 2.38 bits per heavy atom. The van der Waals surface area contributed by atoms with Crippen LogP contribution < -0.4 is 10.5 Å². The van der Waals surface area contributed by atoms with Crippen LogP contribution in [0.4, 0.5) is 0 Å². The van der Waals surface area contributed by atoms with Gasteiger partial charge in [-0.3, -0.25) is 4.79 Å². The zero-order valence-electron chi connectivity index (χ0n) is 13.4. The molecule has 1 amide bonds. The van der Waals surface area contributed by atoms with Gasteiger partial charge in [0.1, 0.15) is 0 Å². The molecule has 0 aromatic heterocycles. The number of rotatable bonds is 5. The van der Waals surface area contributed by atoms with E-state index in [2.05, 4.69) is 21.2 Å². The number of halogens is 1. The molecule has 0 radical (unpaired) electrons. The smallest absolute Gasteiger partial charge is 0.252 e. The number of aryl methyl sites for hydroxylation is 1. The Labute approximate surface area is 150 Å². The second-order valence-corrected chi connectivity index (χ2v) is 7.95. The van der Waals surface area contributed by atoms with Gasteiger partial charge in [0.15, 0.2) is 0 Å². The average Bonchev–Trinajstić information content (AvgIpc) is 2.52. The maximum Gasteiger partial charge on any atom is 0.252 e. The van der Waals surface area contributed by atoms with Crippen molar-refractivity contribution in [3.8, 4) is 0 Å². The first-order valence-corrected chi connectivity index (χ1v) is 9.76. The molecule has 7 heteroatoms. The topological polar surface area (TPSA) is 89.3 Å². The summed E-state index contributed by atoms with van der Waals surface area (Å²) in [6.45, 7) is 3.97. The number of sulfonamides is 1. The third-order valence-corrected chi connectivity index (χ3v) is 5.31. The fourth-order valence-electron chi connectivity index (χ4n) is 2.31. The molecule has 0 heterocycles. The minimum Gasteiger partial charge on any atom is -0.345 e. The van der Waals surface area contributed by atoms with Crippen molar-refractivity contribution < 1.29 is 13.2 Å². The van der Waals surface area contributed by atoms with Crippen LogP contribution in [0.2, 0.25) is 0 Å². The highest BCUT2D eigenvalue weighted by Crippen LogP contribution is 2.23. The minimum atomic E-state index is -3.87. The number of carbonyl (C=O) groups excluding carboxylic acids is 1. The molecule has 3 N–H and O–H groups in total. The van der Waals surface area contributed by atoms with Crippen LogP contribution in [-0.2, 0) is 10.0 Å². The summed E-state index contributed by atoms with van der Waals surface area (Å²) in [5, 5.41) is 8.07. The number of benzene rings is 2. The lowest BCUT2D eigenvalue weighted by Crippen LogP contribution is -2.28. The van der Waals surface area contributed by atoms with Crippen molar-refractivity contribution in [1.29, 1.82) is 0 Å². The van der Waals surface area contributed by atoms with E-state index in [9.17, 15) is 13.2 Å². The van der Waals surface area contributed by atoms with Crippen molar-refractivity contribution >= 4 is 31.9 Å². The molecule has 0 saturated carbocycles. The highest BCUT2D eigenvalue weighted by Gasteiger charge is 2.18. The molecule has 0 unspecified atom stereocenters. The maximum absolute atomic E-state index is 12.6. The van der Waals surface area contributed by atoms with E-state index in [0.717, 1.165) is 11.1 Å². The molecule has 0 aliphatic carbocycles. The van der Waals surface area contributed by atoms with Crippen molar-refractivity contribution in [1.82, 2.24) is 5.32 Å². The molecule has 24 heavy (non-hydrogen) atoms. The first kappa shape index (κ1) is 18.6. The molecular weight excluding hydrogens is 392 g/mol. The standard InChI is InChI=1S/C17H19BrN2O3S/c1-3-16(12-6-4-11(2)5-7-12)20-17(21)14-10-13(24(19,22)23)8-9-15(14)18/h4-10,16H,3H2,1-2H3,(H,20,21)(H2,19,22,23)/t16-/m1/s1. The number of amides is 1. The highest BCUT2D eigenvalue weighted by atomic mass is 79.9. The van der Waals surface area contributed by atoms with E-state index in [0.29, 0.717) is 10.9 Å². The van der Waals surface area contributed by atoms with Crippen molar-refractivity contribution in [2.75, 3.05) is 0 Å². The Kier molecular flexibility index (Phi) is 5.79. The summed E-state index contributed by atoms with van der Waals surface area (Å²) < 4.78 is 23.5. The summed E-state index contributed by atoms with van der Waals surface area (Å²) in [6.07, 6.45) is 0.710. The van der Waals surface area contributed by atoms with Gasteiger partial charge in [-0.25, -0.2) is 13.6 Å². The Hall–Kier alpha value is -1.70. The molecule has 5 nitrogen and oxygen atoms in total. The largest absolute Gasteiger partial charge is 0.345 e. The number of nitrogens with two attached hydrogens (primary N) is 1. The molecule has 0 fully saturated rings. The van der Waals surface area contributed by atoms with Crippen LogP contribution in [0, 0.1) is 6.92 Å². The molecule has 2 rings (SSSR count). The molecule has 128 valence electrons. The van der Waals surface area contributed by atoms with Crippen molar-refractivity contribution in [3.05, 3.63) is 63.6 Å². The maximum atomic E-state index is 12.6. The van der Waals surface area contributed by atoms with E-state index in [1.165, 1.54) is 18.2 Å².